The molecule has 0 atom stereocenters. The van der Waals surface area contributed by atoms with Crippen molar-refractivity contribution >= 4 is 6.08 Å². The van der Waals surface area contributed by atoms with Crippen molar-refractivity contribution in [3.8, 4) is 11.5 Å². The van der Waals surface area contributed by atoms with Gasteiger partial charge in [-0.25, -0.2) is 0 Å². The maximum absolute atomic E-state index is 5.25. The zero-order valence-electron chi connectivity index (χ0n) is 9.32. The van der Waals surface area contributed by atoms with E-state index in [0.29, 0.717) is 6.61 Å². The van der Waals surface area contributed by atoms with E-state index >= 15 is 0 Å². The Hall–Kier alpha value is -1.48. The third kappa shape index (κ3) is 2.99. The number of hydrogen-bond donors (Lipinski definition) is 0. The van der Waals surface area contributed by atoms with Gasteiger partial charge in [0.25, 0.3) is 0 Å². The number of methoxy groups -OCH3 is 3. The van der Waals surface area contributed by atoms with Crippen LogP contribution in [0.15, 0.2) is 24.3 Å². The Kier molecular flexibility index (Phi) is 4.71. The van der Waals surface area contributed by atoms with Crippen LogP contribution in [0.2, 0.25) is 0 Å². The maximum atomic E-state index is 5.25. The molecular weight excluding hydrogens is 192 g/mol. The van der Waals surface area contributed by atoms with E-state index in [4.69, 9.17) is 14.2 Å². The van der Waals surface area contributed by atoms with E-state index in [1.165, 1.54) is 0 Å². The summed E-state index contributed by atoms with van der Waals surface area (Å²) in [5, 5.41) is 0. The van der Waals surface area contributed by atoms with Crippen molar-refractivity contribution in [3.63, 3.8) is 0 Å². The topological polar surface area (TPSA) is 27.7 Å². The minimum absolute atomic E-state index is 0.571. The first-order chi connectivity index (χ1) is 7.33. The molecule has 3 nitrogen and oxygen atoms in total. The third-order valence-corrected chi connectivity index (χ3v) is 2.01. The van der Waals surface area contributed by atoms with E-state index in [0.717, 1.165) is 17.1 Å². The number of benzene rings is 1. The van der Waals surface area contributed by atoms with Crippen LogP contribution < -0.4 is 9.47 Å². The summed E-state index contributed by atoms with van der Waals surface area (Å²) in [5.74, 6) is 1.59. The molecule has 3 heteroatoms. The molecule has 1 aromatic rings. The minimum Gasteiger partial charge on any atom is -0.496 e. The molecule has 0 N–H and O–H groups in total. The maximum Gasteiger partial charge on any atom is 0.129 e. The van der Waals surface area contributed by atoms with Gasteiger partial charge in [0.15, 0.2) is 0 Å². The SMILES string of the molecule is COC/C=C/c1c(OC)cccc1OC. The van der Waals surface area contributed by atoms with Crippen molar-refractivity contribution in [3.05, 3.63) is 29.8 Å². The standard InChI is InChI=1S/C12H16O3/c1-13-9-5-6-10-11(14-2)7-4-8-12(10)15-3/h4-8H,9H2,1-3H3/b6-5+. The van der Waals surface area contributed by atoms with E-state index in [-0.39, 0.29) is 0 Å². The molecule has 0 spiro atoms. The smallest absolute Gasteiger partial charge is 0.129 e. The summed E-state index contributed by atoms with van der Waals surface area (Å²) in [6.07, 6.45) is 3.85. The van der Waals surface area contributed by atoms with E-state index in [2.05, 4.69) is 0 Å². The summed E-state index contributed by atoms with van der Waals surface area (Å²) in [5.41, 5.74) is 0.930. The van der Waals surface area contributed by atoms with Crippen molar-refractivity contribution in [2.75, 3.05) is 27.9 Å². The van der Waals surface area contributed by atoms with Crippen LogP contribution in [0.1, 0.15) is 5.56 Å². The monoisotopic (exact) mass is 208 g/mol. The van der Waals surface area contributed by atoms with Crippen molar-refractivity contribution < 1.29 is 14.2 Å². The van der Waals surface area contributed by atoms with Gasteiger partial charge in [0.1, 0.15) is 11.5 Å². The first kappa shape index (κ1) is 11.6. The Morgan fingerprint density at radius 2 is 1.67 bits per heavy atom. The van der Waals surface area contributed by atoms with Crippen LogP contribution in [0.25, 0.3) is 6.08 Å². The molecule has 82 valence electrons. The van der Waals surface area contributed by atoms with Crippen LogP contribution in [0.4, 0.5) is 0 Å². The number of ether oxygens (including phenoxy) is 3. The Morgan fingerprint density at radius 1 is 1.07 bits per heavy atom. The van der Waals surface area contributed by atoms with Crippen LogP contribution in [-0.4, -0.2) is 27.9 Å². The molecule has 0 aliphatic heterocycles. The fraction of sp³-hybridized carbons (Fsp3) is 0.333. The van der Waals surface area contributed by atoms with E-state index in [1.807, 2.05) is 30.4 Å². The first-order valence-electron chi connectivity index (χ1n) is 4.70. The largest absolute Gasteiger partial charge is 0.496 e. The predicted octanol–water partition coefficient (Wildman–Crippen LogP) is 2.36. The van der Waals surface area contributed by atoms with E-state index in [1.54, 1.807) is 21.3 Å². The molecule has 0 fully saturated rings. The van der Waals surface area contributed by atoms with Crippen molar-refractivity contribution in [2.24, 2.45) is 0 Å². The molecule has 0 aliphatic carbocycles. The van der Waals surface area contributed by atoms with Gasteiger partial charge in [0.05, 0.1) is 26.4 Å². The van der Waals surface area contributed by atoms with Crippen LogP contribution in [0, 0.1) is 0 Å². The van der Waals surface area contributed by atoms with Gasteiger partial charge in [-0.15, -0.1) is 0 Å². The zero-order chi connectivity index (χ0) is 11.1. The first-order valence-corrected chi connectivity index (χ1v) is 4.70. The van der Waals surface area contributed by atoms with Gasteiger partial charge in [-0.1, -0.05) is 12.1 Å². The van der Waals surface area contributed by atoms with Crippen LogP contribution in [0.5, 0.6) is 11.5 Å². The highest BCUT2D eigenvalue weighted by atomic mass is 16.5. The van der Waals surface area contributed by atoms with Gasteiger partial charge >= 0.3 is 0 Å². The summed E-state index contributed by atoms with van der Waals surface area (Å²) < 4.78 is 15.4. The van der Waals surface area contributed by atoms with Crippen LogP contribution in [-0.2, 0) is 4.74 Å². The summed E-state index contributed by atoms with van der Waals surface area (Å²) in [4.78, 5) is 0. The molecule has 0 saturated carbocycles. The average Bonchev–Trinajstić information content (AvgIpc) is 2.29. The zero-order valence-corrected chi connectivity index (χ0v) is 9.32. The quantitative estimate of drug-likeness (QED) is 0.743. The highest BCUT2D eigenvalue weighted by Gasteiger charge is 2.05. The second kappa shape index (κ2) is 6.09. The lowest BCUT2D eigenvalue weighted by Gasteiger charge is -2.09. The normalized spacial score (nSPS) is 10.6. The molecule has 0 amide bonds. The minimum atomic E-state index is 0.571. The molecule has 0 radical (unpaired) electrons. The second-order valence-corrected chi connectivity index (χ2v) is 2.93. The molecule has 0 saturated heterocycles. The molecule has 0 heterocycles. The highest BCUT2D eigenvalue weighted by Crippen LogP contribution is 2.29. The van der Waals surface area contributed by atoms with Crippen molar-refractivity contribution in [1.29, 1.82) is 0 Å². The number of rotatable bonds is 5. The van der Waals surface area contributed by atoms with Crippen LogP contribution >= 0.6 is 0 Å². The molecule has 0 unspecified atom stereocenters. The van der Waals surface area contributed by atoms with Crippen molar-refractivity contribution in [1.82, 2.24) is 0 Å². The highest BCUT2D eigenvalue weighted by molar-refractivity contribution is 5.64. The van der Waals surface area contributed by atoms with Gasteiger partial charge in [0.2, 0.25) is 0 Å². The molecular formula is C12H16O3. The van der Waals surface area contributed by atoms with Crippen molar-refractivity contribution in [2.45, 2.75) is 0 Å². The fourth-order valence-corrected chi connectivity index (χ4v) is 1.31. The molecule has 0 aliphatic rings. The molecule has 15 heavy (non-hydrogen) atoms. The summed E-state index contributed by atoms with van der Waals surface area (Å²) >= 11 is 0. The van der Waals surface area contributed by atoms with E-state index < -0.39 is 0 Å². The van der Waals surface area contributed by atoms with Gasteiger partial charge in [-0.05, 0) is 18.2 Å². The van der Waals surface area contributed by atoms with E-state index in [9.17, 15) is 0 Å². The Labute approximate surface area is 90.3 Å². The Balaban J connectivity index is 2.99. The predicted molar refractivity (Wildman–Crippen MR) is 60.5 cm³/mol. The number of hydrogen-bond acceptors (Lipinski definition) is 3. The summed E-state index contributed by atoms with van der Waals surface area (Å²) in [7, 11) is 4.94. The Morgan fingerprint density at radius 3 is 2.13 bits per heavy atom. The fourth-order valence-electron chi connectivity index (χ4n) is 1.31. The molecule has 1 rings (SSSR count). The molecule has 1 aromatic carbocycles. The molecule has 0 bridgehead atoms. The third-order valence-electron chi connectivity index (χ3n) is 2.01. The van der Waals surface area contributed by atoms with Gasteiger partial charge < -0.3 is 14.2 Å². The lowest BCUT2D eigenvalue weighted by Crippen LogP contribution is -1.92. The lowest BCUT2D eigenvalue weighted by atomic mass is 10.1. The second-order valence-electron chi connectivity index (χ2n) is 2.93. The van der Waals surface area contributed by atoms with Crippen LogP contribution in [0.3, 0.4) is 0 Å². The Bertz CT molecular complexity index is 309. The summed E-state index contributed by atoms with van der Waals surface area (Å²) in [6, 6.07) is 5.69. The molecule has 0 aromatic heterocycles. The van der Waals surface area contributed by atoms with Gasteiger partial charge in [0, 0.05) is 7.11 Å². The average molecular weight is 208 g/mol. The van der Waals surface area contributed by atoms with Gasteiger partial charge in [-0.3, -0.25) is 0 Å². The summed E-state index contributed by atoms with van der Waals surface area (Å²) in [6.45, 7) is 0.571. The lowest BCUT2D eigenvalue weighted by molar-refractivity contribution is 0.234. The van der Waals surface area contributed by atoms with Gasteiger partial charge in [-0.2, -0.15) is 0 Å².